The Morgan fingerprint density at radius 3 is 2.50 bits per heavy atom. The molecule has 0 heterocycles. The van der Waals surface area contributed by atoms with E-state index in [9.17, 15) is 9.90 Å². The molecule has 1 amide bonds. The number of amides is 1. The van der Waals surface area contributed by atoms with Gasteiger partial charge < -0.3 is 19.9 Å². The van der Waals surface area contributed by atoms with Crippen molar-refractivity contribution in [3.8, 4) is 11.5 Å². The summed E-state index contributed by atoms with van der Waals surface area (Å²) in [6.07, 6.45) is 2.86. The molecular formula is C20H22ClNO4. The van der Waals surface area contributed by atoms with Gasteiger partial charge in [-0.3, -0.25) is 4.79 Å². The molecule has 2 rings (SSSR count). The van der Waals surface area contributed by atoms with E-state index in [-0.39, 0.29) is 12.5 Å². The maximum absolute atomic E-state index is 12.5. The standard InChI is InChI=1S/C20H22ClNO4/c1-4-5-14-10-15(11-18(25-2)19(14)26-3)20(24)22-12-17(23)13-6-8-16(21)9-7-13/h4-11,17,23H,12H2,1-3H3,(H,22,24)/b5-4+. The molecule has 1 atom stereocenters. The van der Waals surface area contributed by atoms with Crippen LogP contribution in [0.1, 0.15) is 34.5 Å². The number of ether oxygens (including phenoxy) is 2. The number of hydrogen-bond acceptors (Lipinski definition) is 4. The summed E-state index contributed by atoms with van der Waals surface area (Å²) in [5, 5.41) is 13.5. The average Bonchev–Trinajstić information content (AvgIpc) is 2.65. The van der Waals surface area contributed by atoms with Crippen LogP contribution in [0.15, 0.2) is 42.5 Å². The maximum Gasteiger partial charge on any atom is 0.251 e. The first kappa shape index (κ1) is 19.8. The fourth-order valence-corrected chi connectivity index (χ4v) is 2.65. The Kier molecular flexibility index (Phi) is 7.06. The lowest BCUT2D eigenvalue weighted by Crippen LogP contribution is -2.28. The van der Waals surface area contributed by atoms with Crippen LogP contribution in [0.25, 0.3) is 6.08 Å². The van der Waals surface area contributed by atoms with Crippen molar-refractivity contribution in [2.24, 2.45) is 0 Å². The molecule has 0 bridgehead atoms. The molecule has 2 N–H and O–H groups in total. The van der Waals surface area contributed by atoms with Crippen molar-refractivity contribution < 1.29 is 19.4 Å². The first-order valence-electron chi connectivity index (χ1n) is 8.10. The first-order chi connectivity index (χ1) is 12.5. The summed E-state index contributed by atoms with van der Waals surface area (Å²) in [7, 11) is 3.07. The summed E-state index contributed by atoms with van der Waals surface area (Å²) in [6, 6.07) is 10.2. The van der Waals surface area contributed by atoms with Crippen molar-refractivity contribution >= 4 is 23.6 Å². The van der Waals surface area contributed by atoms with Crippen molar-refractivity contribution in [1.82, 2.24) is 5.32 Å². The normalized spacial score (nSPS) is 12.0. The van der Waals surface area contributed by atoms with Crippen molar-refractivity contribution in [2.45, 2.75) is 13.0 Å². The van der Waals surface area contributed by atoms with Crippen LogP contribution in [0.2, 0.25) is 5.02 Å². The summed E-state index contributed by atoms with van der Waals surface area (Å²) < 4.78 is 10.7. The van der Waals surface area contributed by atoms with Gasteiger partial charge >= 0.3 is 0 Å². The molecule has 6 heteroatoms. The minimum absolute atomic E-state index is 0.0771. The Hall–Kier alpha value is -2.50. The topological polar surface area (TPSA) is 67.8 Å². The Balaban J connectivity index is 2.15. The monoisotopic (exact) mass is 375 g/mol. The highest BCUT2D eigenvalue weighted by Gasteiger charge is 2.16. The van der Waals surface area contributed by atoms with Crippen molar-refractivity contribution in [1.29, 1.82) is 0 Å². The number of benzene rings is 2. The summed E-state index contributed by atoms with van der Waals surface area (Å²) in [5.74, 6) is 0.708. The number of aliphatic hydroxyl groups excluding tert-OH is 1. The highest BCUT2D eigenvalue weighted by atomic mass is 35.5. The van der Waals surface area contributed by atoms with Crippen LogP contribution in [0.3, 0.4) is 0 Å². The van der Waals surface area contributed by atoms with Crippen LogP contribution < -0.4 is 14.8 Å². The number of carbonyl (C=O) groups is 1. The molecule has 0 aliphatic heterocycles. The zero-order valence-electron chi connectivity index (χ0n) is 15.0. The predicted octanol–water partition coefficient (Wildman–Crippen LogP) is 3.85. The maximum atomic E-state index is 12.5. The molecule has 2 aromatic carbocycles. The third kappa shape index (κ3) is 4.77. The van der Waals surface area contributed by atoms with E-state index in [1.807, 2.05) is 19.1 Å². The zero-order chi connectivity index (χ0) is 19.1. The number of carbonyl (C=O) groups excluding carboxylic acids is 1. The van der Waals surface area contributed by atoms with Gasteiger partial charge in [0.25, 0.3) is 5.91 Å². The van der Waals surface area contributed by atoms with Gasteiger partial charge in [-0.15, -0.1) is 0 Å². The van der Waals surface area contributed by atoms with Crippen LogP contribution in [0, 0.1) is 0 Å². The van der Waals surface area contributed by atoms with E-state index in [2.05, 4.69) is 5.32 Å². The molecule has 0 spiro atoms. The second-order valence-electron chi connectivity index (χ2n) is 5.58. The molecule has 2 aromatic rings. The summed E-state index contributed by atoms with van der Waals surface area (Å²) >= 11 is 5.84. The van der Waals surface area contributed by atoms with Gasteiger partial charge in [0.1, 0.15) is 0 Å². The van der Waals surface area contributed by atoms with Gasteiger partial charge in [0.2, 0.25) is 0 Å². The van der Waals surface area contributed by atoms with Crippen molar-refractivity contribution in [3.05, 3.63) is 64.2 Å². The third-order valence-corrected chi connectivity index (χ3v) is 4.08. The molecular weight excluding hydrogens is 354 g/mol. The van der Waals surface area contributed by atoms with Crippen LogP contribution in [0.4, 0.5) is 0 Å². The molecule has 5 nitrogen and oxygen atoms in total. The third-order valence-electron chi connectivity index (χ3n) is 3.83. The van der Waals surface area contributed by atoms with E-state index < -0.39 is 6.10 Å². The summed E-state index contributed by atoms with van der Waals surface area (Å²) in [6.45, 7) is 1.95. The molecule has 0 saturated heterocycles. The number of halogens is 1. The van der Waals surface area contributed by atoms with Gasteiger partial charge in [0, 0.05) is 22.7 Å². The highest BCUT2D eigenvalue weighted by Crippen LogP contribution is 2.33. The van der Waals surface area contributed by atoms with Gasteiger partial charge in [-0.25, -0.2) is 0 Å². The lowest BCUT2D eigenvalue weighted by Gasteiger charge is -2.15. The number of hydrogen-bond donors (Lipinski definition) is 2. The smallest absolute Gasteiger partial charge is 0.251 e. The van der Waals surface area contributed by atoms with Crippen LogP contribution in [0.5, 0.6) is 11.5 Å². The van der Waals surface area contributed by atoms with E-state index in [1.54, 1.807) is 43.5 Å². The first-order valence-corrected chi connectivity index (χ1v) is 8.48. The highest BCUT2D eigenvalue weighted by molar-refractivity contribution is 6.30. The predicted molar refractivity (Wildman–Crippen MR) is 103 cm³/mol. The fourth-order valence-electron chi connectivity index (χ4n) is 2.52. The van der Waals surface area contributed by atoms with E-state index in [4.69, 9.17) is 21.1 Å². The van der Waals surface area contributed by atoms with Gasteiger partial charge in [0.05, 0.1) is 20.3 Å². The minimum Gasteiger partial charge on any atom is -0.493 e. The van der Waals surface area contributed by atoms with E-state index in [1.165, 1.54) is 7.11 Å². The quantitative estimate of drug-likeness (QED) is 0.771. The summed E-state index contributed by atoms with van der Waals surface area (Å²) in [4.78, 5) is 12.5. The number of nitrogens with one attached hydrogen (secondary N) is 1. The van der Waals surface area contributed by atoms with Crippen molar-refractivity contribution in [3.63, 3.8) is 0 Å². The molecule has 0 aromatic heterocycles. The second-order valence-corrected chi connectivity index (χ2v) is 6.01. The van der Waals surface area contributed by atoms with Gasteiger partial charge in [0.15, 0.2) is 11.5 Å². The van der Waals surface area contributed by atoms with Crippen LogP contribution in [-0.4, -0.2) is 31.8 Å². The van der Waals surface area contributed by atoms with Crippen LogP contribution in [-0.2, 0) is 0 Å². The molecule has 0 aliphatic rings. The Morgan fingerprint density at radius 1 is 1.23 bits per heavy atom. The van der Waals surface area contributed by atoms with E-state index in [0.717, 1.165) is 5.56 Å². The molecule has 0 aliphatic carbocycles. The number of aliphatic hydroxyl groups is 1. The van der Waals surface area contributed by atoms with E-state index in [0.29, 0.717) is 27.6 Å². The lowest BCUT2D eigenvalue weighted by molar-refractivity contribution is 0.0916. The molecule has 26 heavy (non-hydrogen) atoms. The van der Waals surface area contributed by atoms with Gasteiger partial charge in [-0.2, -0.15) is 0 Å². The second kappa shape index (κ2) is 9.27. The molecule has 0 radical (unpaired) electrons. The van der Waals surface area contributed by atoms with Gasteiger partial charge in [-0.1, -0.05) is 35.9 Å². The Morgan fingerprint density at radius 2 is 1.92 bits per heavy atom. The van der Waals surface area contributed by atoms with Crippen molar-refractivity contribution in [2.75, 3.05) is 20.8 Å². The lowest BCUT2D eigenvalue weighted by atomic mass is 10.1. The van der Waals surface area contributed by atoms with Crippen LogP contribution >= 0.6 is 11.6 Å². The van der Waals surface area contributed by atoms with Gasteiger partial charge in [-0.05, 0) is 36.8 Å². The average molecular weight is 376 g/mol. The minimum atomic E-state index is -0.827. The number of methoxy groups -OCH3 is 2. The number of rotatable bonds is 7. The Labute approximate surface area is 158 Å². The molecule has 0 saturated carbocycles. The van der Waals surface area contributed by atoms with E-state index >= 15 is 0 Å². The Bertz CT molecular complexity index is 787. The molecule has 1 unspecified atom stereocenters. The zero-order valence-corrected chi connectivity index (χ0v) is 15.7. The fraction of sp³-hybridized carbons (Fsp3) is 0.250. The largest absolute Gasteiger partial charge is 0.493 e. The molecule has 138 valence electrons. The molecule has 0 fully saturated rings. The number of allylic oxidation sites excluding steroid dienone is 1. The summed E-state index contributed by atoms with van der Waals surface area (Å²) in [5.41, 5.74) is 1.83. The SMILES string of the molecule is C/C=C/c1cc(C(=O)NCC(O)c2ccc(Cl)cc2)cc(OC)c1OC.